The molecule has 1 atom stereocenters. The van der Waals surface area contributed by atoms with Crippen molar-refractivity contribution in [3.8, 4) is 0 Å². The highest BCUT2D eigenvalue weighted by Crippen LogP contribution is 2.19. The van der Waals surface area contributed by atoms with Gasteiger partial charge in [-0.15, -0.1) is 0 Å². The zero-order chi connectivity index (χ0) is 14.4. The molecular formula is C15H20N2O3. The smallest absolute Gasteiger partial charge is 0.247 e. The predicted octanol–water partition coefficient (Wildman–Crippen LogP) is 0.666. The lowest BCUT2D eigenvalue weighted by Crippen LogP contribution is -2.45. The third kappa shape index (κ3) is 3.88. The van der Waals surface area contributed by atoms with E-state index in [1.165, 1.54) is 5.56 Å². The van der Waals surface area contributed by atoms with Crippen molar-refractivity contribution < 1.29 is 14.3 Å². The summed E-state index contributed by atoms with van der Waals surface area (Å²) in [5.74, 6) is -0.0750. The first kappa shape index (κ1) is 14.7. The van der Waals surface area contributed by atoms with Gasteiger partial charge in [-0.05, 0) is 18.4 Å². The molecule has 1 fully saturated rings. The molecule has 1 aromatic carbocycles. The van der Waals surface area contributed by atoms with Gasteiger partial charge in [0.1, 0.15) is 6.10 Å². The summed E-state index contributed by atoms with van der Waals surface area (Å²) in [6.07, 6.45) is 2.41. The Kier molecular flexibility index (Phi) is 5.26. The van der Waals surface area contributed by atoms with E-state index >= 15 is 0 Å². The van der Waals surface area contributed by atoms with Gasteiger partial charge in [0.2, 0.25) is 5.91 Å². The van der Waals surface area contributed by atoms with Gasteiger partial charge in [0, 0.05) is 25.1 Å². The number of carbonyl (C=O) groups is 2. The topological polar surface area (TPSA) is 81.4 Å². The van der Waals surface area contributed by atoms with Crippen LogP contribution in [0.1, 0.15) is 28.8 Å². The second-order valence-corrected chi connectivity index (χ2v) is 4.90. The van der Waals surface area contributed by atoms with Gasteiger partial charge in [-0.3, -0.25) is 9.59 Å². The summed E-state index contributed by atoms with van der Waals surface area (Å²) in [6.45, 7) is 1.94. The number of hydrogen-bond acceptors (Lipinski definition) is 4. The molecular weight excluding hydrogens is 256 g/mol. The Morgan fingerprint density at radius 3 is 2.70 bits per heavy atom. The molecule has 0 radical (unpaired) electrons. The van der Waals surface area contributed by atoms with E-state index in [4.69, 9.17) is 10.5 Å². The van der Waals surface area contributed by atoms with Crippen LogP contribution in [-0.2, 0) is 16.0 Å². The molecule has 1 aromatic rings. The van der Waals surface area contributed by atoms with Crippen LogP contribution in [0.25, 0.3) is 0 Å². The second kappa shape index (κ2) is 7.17. The van der Waals surface area contributed by atoms with E-state index in [2.05, 4.69) is 5.32 Å². The van der Waals surface area contributed by atoms with Gasteiger partial charge in [0.25, 0.3) is 0 Å². The summed E-state index contributed by atoms with van der Waals surface area (Å²) in [5, 5.41) is 2.99. The van der Waals surface area contributed by atoms with Crippen molar-refractivity contribution >= 4 is 11.7 Å². The van der Waals surface area contributed by atoms with E-state index in [0.29, 0.717) is 18.9 Å². The number of Topliss-reactive ketones (excluding diaryl/α,β-unsaturated/α-hetero) is 1. The molecule has 0 bridgehead atoms. The molecule has 1 saturated heterocycles. The Bertz CT molecular complexity index is 482. The molecule has 108 valence electrons. The lowest BCUT2D eigenvalue weighted by atomic mass is 9.91. The zero-order valence-electron chi connectivity index (χ0n) is 11.4. The number of carbonyl (C=O) groups excluding carboxylic acids is 2. The van der Waals surface area contributed by atoms with Crippen LogP contribution in [0.3, 0.4) is 0 Å². The molecule has 0 aromatic heterocycles. The van der Waals surface area contributed by atoms with Gasteiger partial charge in [0.05, 0.1) is 6.61 Å². The van der Waals surface area contributed by atoms with E-state index in [1.807, 2.05) is 24.3 Å². The number of nitrogens with two attached hydrogens (primary N) is 1. The van der Waals surface area contributed by atoms with Gasteiger partial charge in [-0.2, -0.15) is 0 Å². The summed E-state index contributed by atoms with van der Waals surface area (Å²) < 4.78 is 5.00. The molecule has 1 heterocycles. The fraction of sp³-hybridized carbons (Fsp3) is 0.467. The fourth-order valence-electron chi connectivity index (χ4n) is 2.33. The molecule has 1 aliphatic heterocycles. The Labute approximate surface area is 118 Å². The summed E-state index contributed by atoms with van der Waals surface area (Å²) >= 11 is 0. The SMILES string of the molecule is NC(=O)C1CNCCO1.O=C1CCCc2ccccc21. The predicted molar refractivity (Wildman–Crippen MR) is 75.5 cm³/mol. The first-order valence-corrected chi connectivity index (χ1v) is 6.91. The van der Waals surface area contributed by atoms with Crippen molar-refractivity contribution in [3.05, 3.63) is 35.4 Å². The quantitative estimate of drug-likeness (QED) is 0.789. The van der Waals surface area contributed by atoms with Crippen LogP contribution in [0.2, 0.25) is 0 Å². The van der Waals surface area contributed by atoms with Crippen LogP contribution in [0.5, 0.6) is 0 Å². The molecule has 2 aliphatic rings. The number of primary amides is 1. The number of amides is 1. The number of hydrogen-bond donors (Lipinski definition) is 2. The Balaban J connectivity index is 0.000000151. The molecule has 20 heavy (non-hydrogen) atoms. The van der Waals surface area contributed by atoms with Gasteiger partial charge in [0.15, 0.2) is 5.78 Å². The number of ether oxygens (including phenoxy) is 1. The normalized spacial score (nSPS) is 21.4. The minimum Gasteiger partial charge on any atom is -0.367 e. The van der Waals surface area contributed by atoms with Crippen molar-refractivity contribution in [1.82, 2.24) is 5.32 Å². The maximum Gasteiger partial charge on any atom is 0.247 e. The molecule has 1 amide bonds. The molecule has 0 saturated carbocycles. The summed E-state index contributed by atoms with van der Waals surface area (Å²) in [7, 11) is 0. The Morgan fingerprint density at radius 2 is 2.10 bits per heavy atom. The number of benzene rings is 1. The Hall–Kier alpha value is -1.72. The summed E-state index contributed by atoms with van der Waals surface area (Å²) in [6, 6.07) is 7.91. The van der Waals surface area contributed by atoms with Crippen LogP contribution in [0.4, 0.5) is 0 Å². The van der Waals surface area contributed by atoms with E-state index in [0.717, 1.165) is 31.4 Å². The number of nitrogens with one attached hydrogen (secondary N) is 1. The van der Waals surface area contributed by atoms with Gasteiger partial charge in [-0.25, -0.2) is 0 Å². The second-order valence-electron chi connectivity index (χ2n) is 4.90. The minimum atomic E-state index is -0.418. The van der Waals surface area contributed by atoms with Crippen LogP contribution >= 0.6 is 0 Å². The molecule has 3 N–H and O–H groups in total. The van der Waals surface area contributed by atoms with E-state index in [-0.39, 0.29) is 5.91 Å². The fourth-order valence-corrected chi connectivity index (χ4v) is 2.33. The maximum atomic E-state index is 11.3. The van der Waals surface area contributed by atoms with Crippen LogP contribution in [0, 0.1) is 0 Å². The number of fused-ring (bicyclic) bond motifs is 1. The standard InChI is InChI=1S/C10H10O.C5H10N2O2/c11-10-7-3-5-8-4-1-2-6-9(8)10;6-5(8)4-3-7-1-2-9-4/h1-2,4,6H,3,5,7H2;4,7H,1-3H2,(H2,6,8). The zero-order valence-corrected chi connectivity index (χ0v) is 11.4. The third-order valence-electron chi connectivity index (χ3n) is 3.41. The van der Waals surface area contributed by atoms with Gasteiger partial charge >= 0.3 is 0 Å². The average Bonchev–Trinajstić information content (AvgIpc) is 2.49. The van der Waals surface area contributed by atoms with Crippen LogP contribution < -0.4 is 11.1 Å². The molecule has 3 rings (SSSR count). The lowest BCUT2D eigenvalue weighted by molar-refractivity contribution is -0.130. The Morgan fingerprint density at radius 1 is 1.30 bits per heavy atom. The van der Waals surface area contributed by atoms with Crippen molar-refractivity contribution in [2.75, 3.05) is 19.7 Å². The van der Waals surface area contributed by atoms with E-state index in [1.54, 1.807) is 0 Å². The van der Waals surface area contributed by atoms with Crippen molar-refractivity contribution in [3.63, 3.8) is 0 Å². The lowest BCUT2D eigenvalue weighted by Gasteiger charge is -2.20. The first-order chi connectivity index (χ1) is 9.68. The van der Waals surface area contributed by atoms with Gasteiger partial charge < -0.3 is 15.8 Å². The molecule has 5 nitrogen and oxygen atoms in total. The molecule has 5 heteroatoms. The van der Waals surface area contributed by atoms with E-state index in [9.17, 15) is 9.59 Å². The van der Waals surface area contributed by atoms with Gasteiger partial charge in [-0.1, -0.05) is 24.3 Å². The number of morpholine rings is 1. The largest absolute Gasteiger partial charge is 0.367 e. The monoisotopic (exact) mass is 276 g/mol. The average molecular weight is 276 g/mol. The molecule has 0 spiro atoms. The van der Waals surface area contributed by atoms with Crippen molar-refractivity contribution in [2.45, 2.75) is 25.4 Å². The number of rotatable bonds is 1. The highest BCUT2D eigenvalue weighted by molar-refractivity contribution is 5.98. The summed E-state index contributed by atoms with van der Waals surface area (Å²) in [5.41, 5.74) is 7.13. The number of ketones is 1. The molecule has 1 unspecified atom stereocenters. The number of aryl methyl sites for hydroxylation is 1. The van der Waals surface area contributed by atoms with Crippen molar-refractivity contribution in [1.29, 1.82) is 0 Å². The summed E-state index contributed by atoms with van der Waals surface area (Å²) in [4.78, 5) is 21.7. The highest BCUT2D eigenvalue weighted by atomic mass is 16.5. The van der Waals surface area contributed by atoms with E-state index < -0.39 is 6.10 Å². The highest BCUT2D eigenvalue weighted by Gasteiger charge is 2.17. The third-order valence-corrected chi connectivity index (χ3v) is 3.41. The van der Waals surface area contributed by atoms with Crippen LogP contribution in [-0.4, -0.2) is 37.5 Å². The van der Waals surface area contributed by atoms with Crippen molar-refractivity contribution in [2.24, 2.45) is 5.73 Å². The van der Waals surface area contributed by atoms with Crippen LogP contribution in [0.15, 0.2) is 24.3 Å². The minimum absolute atomic E-state index is 0.312. The molecule has 1 aliphatic carbocycles. The maximum absolute atomic E-state index is 11.3. The first-order valence-electron chi connectivity index (χ1n) is 6.91.